The summed E-state index contributed by atoms with van der Waals surface area (Å²) in [6, 6.07) is 6.45. The van der Waals surface area contributed by atoms with Gasteiger partial charge in [-0.3, -0.25) is 4.90 Å². The summed E-state index contributed by atoms with van der Waals surface area (Å²) in [7, 11) is 2.12. The van der Waals surface area contributed by atoms with Crippen molar-refractivity contribution >= 4 is 0 Å². The lowest BCUT2D eigenvalue weighted by atomic mass is 10.0. The molecule has 0 radical (unpaired) electrons. The van der Waals surface area contributed by atoms with Gasteiger partial charge in [-0.2, -0.15) is 5.26 Å². The van der Waals surface area contributed by atoms with Crippen molar-refractivity contribution in [1.82, 2.24) is 9.88 Å². The Labute approximate surface area is 104 Å². The SMILES string of the molecule is CC(C)CC(C)N(C)Cc1ccnc(C#N)c1. The molecule has 0 amide bonds. The fourth-order valence-corrected chi connectivity index (χ4v) is 1.94. The maximum atomic E-state index is 8.80. The van der Waals surface area contributed by atoms with E-state index in [1.807, 2.05) is 12.1 Å². The number of hydrogen-bond donors (Lipinski definition) is 0. The van der Waals surface area contributed by atoms with Gasteiger partial charge in [-0.25, -0.2) is 4.98 Å². The molecule has 0 N–H and O–H groups in total. The van der Waals surface area contributed by atoms with E-state index < -0.39 is 0 Å². The lowest BCUT2D eigenvalue weighted by molar-refractivity contribution is 0.220. The maximum Gasteiger partial charge on any atom is 0.140 e. The molecule has 0 saturated carbocycles. The first kappa shape index (κ1) is 13.7. The first-order valence-electron chi connectivity index (χ1n) is 6.08. The van der Waals surface area contributed by atoms with Gasteiger partial charge in [0, 0.05) is 18.8 Å². The van der Waals surface area contributed by atoms with Gasteiger partial charge in [0.1, 0.15) is 11.8 Å². The number of aromatic nitrogens is 1. The Balaban J connectivity index is 2.61. The Morgan fingerprint density at radius 2 is 2.12 bits per heavy atom. The van der Waals surface area contributed by atoms with Crippen LogP contribution in [0, 0.1) is 17.2 Å². The molecule has 3 nitrogen and oxygen atoms in total. The zero-order valence-electron chi connectivity index (χ0n) is 11.1. The number of nitrogens with zero attached hydrogens (tertiary/aromatic N) is 3. The van der Waals surface area contributed by atoms with E-state index in [4.69, 9.17) is 5.26 Å². The first-order chi connectivity index (χ1) is 8.02. The molecule has 0 aromatic carbocycles. The Bertz CT molecular complexity index is 393. The summed E-state index contributed by atoms with van der Waals surface area (Å²) in [6.45, 7) is 7.59. The van der Waals surface area contributed by atoms with Gasteiger partial charge >= 0.3 is 0 Å². The summed E-state index contributed by atoms with van der Waals surface area (Å²) in [5.41, 5.74) is 1.64. The van der Waals surface area contributed by atoms with E-state index in [0.29, 0.717) is 17.7 Å². The zero-order valence-corrected chi connectivity index (χ0v) is 11.1. The van der Waals surface area contributed by atoms with E-state index >= 15 is 0 Å². The first-order valence-corrected chi connectivity index (χ1v) is 6.08. The van der Waals surface area contributed by atoms with Gasteiger partial charge in [0.05, 0.1) is 0 Å². The monoisotopic (exact) mass is 231 g/mol. The standard InChI is InChI=1S/C14H21N3/c1-11(2)7-12(3)17(4)10-13-5-6-16-14(8-13)9-15/h5-6,8,11-12H,7,10H2,1-4H3. The Morgan fingerprint density at radius 1 is 1.41 bits per heavy atom. The molecule has 0 aliphatic carbocycles. The van der Waals surface area contributed by atoms with Crippen molar-refractivity contribution in [2.24, 2.45) is 5.92 Å². The minimum absolute atomic E-state index is 0.493. The highest BCUT2D eigenvalue weighted by atomic mass is 15.1. The summed E-state index contributed by atoms with van der Waals surface area (Å²) in [4.78, 5) is 6.29. The second-order valence-corrected chi connectivity index (χ2v) is 5.05. The van der Waals surface area contributed by atoms with E-state index in [1.165, 1.54) is 6.42 Å². The van der Waals surface area contributed by atoms with E-state index in [9.17, 15) is 0 Å². The average Bonchev–Trinajstić information content (AvgIpc) is 2.28. The third kappa shape index (κ3) is 4.54. The van der Waals surface area contributed by atoms with Crippen LogP contribution in [0.15, 0.2) is 18.3 Å². The lowest BCUT2D eigenvalue weighted by Gasteiger charge is -2.26. The average molecular weight is 231 g/mol. The normalized spacial score (nSPS) is 12.8. The Morgan fingerprint density at radius 3 is 2.71 bits per heavy atom. The largest absolute Gasteiger partial charge is 0.299 e. The molecule has 0 bridgehead atoms. The van der Waals surface area contributed by atoms with Gasteiger partial charge in [-0.15, -0.1) is 0 Å². The smallest absolute Gasteiger partial charge is 0.140 e. The van der Waals surface area contributed by atoms with Crippen LogP contribution in [0.25, 0.3) is 0 Å². The van der Waals surface area contributed by atoms with Crippen molar-refractivity contribution in [2.45, 2.75) is 39.8 Å². The summed E-state index contributed by atoms with van der Waals surface area (Å²) in [6.07, 6.45) is 2.89. The second kappa shape index (κ2) is 6.36. The molecule has 1 heterocycles. The van der Waals surface area contributed by atoms with Crippen LogP contribution in [0.2, 0.25) is 0 Å². The third-order valence-corrected chi connectivity index (χ3v) is 2.94. The van der Waals surface area contributed by atoms with Crippen LogP contribution >= 0.6 is 0 Å². The van der Waals surface area contributed by atoms with Crippen LogP contribution < -0.4 is 0 Å². The van der Waals surface area contributed by atoms with Crippen molar-refractivity contribution in [2.75, 3.05) is 7.05 Å². The van der Waals surface area contributed by atoms with E-state index in [0.717, 1.165) is 12.1 Å². The third-order valence-electron chi connectivity index (χ3n) is 2.94. The molecule has 1 atom stereocenters. The number of nitriles is 1. The molecular weight excluding hydrogens is 210 g/mol. The number of rotatable bonds is 5. The number of hydrogen-bond acceptors (Lipinski definition) is 3. The van der Waals surface area contributed by atoms with Crippen molar-refractivity contribution in [1.29, 1.82) is 5.26 Å². The van der Waals surface area contributed by atoms with Crippen LogP contribution in [0.3, 0.4) is 0 Å². The Kier molecular flexibility index (Phi) is 5.11. The Hall–Kier alpha value is -1.40. The van der Waals surface area contributed by atoms with Crippen molar-refractivity contribution < 1.29 is 0 Å². The maximum absolute atomic E-state index is 8.80. The molecule has 17 heavy (non-hydrogen) atoms. The molecule has 3 heteroatoms. The molecule has 92 valence electrons. The van der Waals surface area contributed by atoms with E-state index in [-0.39, 0.29) is 0 Å². The van der Waals surface area contributed by atoms with E-state index in [2.05, 4.69) is 43.8 Å². The highest BCUT2D eigenvalue weighted by Gasteiger charge is 2.11. The topological polar surface area (TPSA) is 39.9 Å². The fourth-order valence-electron chi connectivity index (χ4n) is 1.94. The summed E-state index contributed by atoms with van der Waals surface area (Å²) >= 11 is 0. The molecule has 0 spiro atoms. The van der Waals surface area contributed by atoms with Gasteiger partial charge in [0.15, 0.2) is 0 Å². The van der Waals surface area contributed by atoms with Crippen LogP contribution in [0.5, 0.6) is 0 Å². The lowest BCUT2D eigenvalue weighted by Crippen LogP contribution is -2.29. The molecule has 0 aliphatic rings. The molecule has 0 aliphatic heterocycles. The van der Waals surface area contributed by atoms with Gasteiger partial charge in [-0.05, 0) is 44.0 Å². The second-order valence-electron chi connectivity index (χ2n) is 5.05. The minimum atomic E-state index is 0.493. The van der Waals surface area contributed by atoms with Crippen LogP contribution in [-0.4, -0.2) is 23.0 Å². The zero-order chi connectivity index (χ0) is 12.8. The van der Waals surface area contributed by atoms with Crippen LogP contribution in [-0.2, 0) is 6.54 Å². The predicted octanol–water partition coefficient (Wildman–Crippen LogP) is 2.82. The van der Waals surface area contributed by atoms with Gasteiger partial charge < -0.3 is 0 Å². The van der Waals surface area contributed by atoms with Gasteiger partial charge in [-0.1, -0.05) is 13.8 Å². The molecule has 1 aromatic heterocycles. The predicted molar refractivity (Wildman–Crippen MR) is 69.3 cm³/mol. The highest BCUT2D eigenvalue weighted by Crippen LogP contribution is 2.13. The summed E-state index contributed by atoms with van der Waals surface area (Å²) < 4.78 is 0. The fraction of sp³-hybridized carbons (Fsp3) is 0.571. The van der Waals surface area contributed by atoms with Gasteiger partial charge in [0.25, 0.3) is 0 Å². The minimum Gasteiger partial charge on any atom is -0.299 e. The van der Waals surface area contributed by atoms with Crippen LogP contribution in [0.1, 0.15) is 38.4 Å². The van der Waals surface area contributed by atoms with E-state index in [1.54, 1.807) is 6.20 Å². The van der Waals surface area contributed by atoms with Crippen molar-refractivity contribution in [3.63, 3.8) is 0 Å². The number of pyridine rings is 1. The molecule has 1 unspecified atom stereocenters. The molecule has 0 saturated heterocycles. The van der Waals surface area contributed by atoms with Crippen molar-refractivity contribution in [3.05, 3.63) is 29.6 Å². The molecule has 0 fully saturated rings. The molecule has 1 rings (SSSR count). The van der Waals surface area contributed by atoms with Crippen LogP contribution in [0.4, 0.5) is 0 Å². The molecular formula is C14H21N3. The van der Waals surface area contributed by atoms with Gasteiger partial charge in [0.2, 0.25) is 0 Å². The van der Waals surface area contributed by atoms with Crippen molar-refractivity contribution in [3.8, 4) is 6.07 Å². The quantitative estimate of drug-likeness (QED) is 0.782. The molecule has 1 aromatic rings. The summed E-state index contributed by atoms with van der Waals surface area (Å²) in [5.74, 6) is 0.708. The summed E-state index contributed by atoms with van der Waals surface area (Å²) in [5, 5.41) is 8.80. The highest BCUT2D eigenvalue weighted by molar-refractivity contribution is 5.25.